The zero-order chi connectivity index (χ0) is 23.5. The smallest absolute Gasteiger partial charge is 0.243 e. The highest BCUT2D eigenvalue weighted by Crippen LogP contribution is 2.28. The highest BCUT2D eigenvalue weighted by atomic mass is 32.2. The molecule has 34 heavy (non-hydrogen) atoms. The van der Waals surface area contributed by atoms with Crippen LogP contribution in [0.2, 0.25) is 0 Å². The second kappa shape index (κ2) is 9.40. The molecule has 7 nitrogen and oxygen atoms in total. The lowest BCUT2D eigenvalue weighted by Gasteiger charge is -2.34. The topological polar surface area (TPSA) is 78.4 Å². The Bertz CT molecular complexity index is 1370. The summed E-state index contributed by atoms with van der Waals surface area (Å²) in [4.78, 5) is 12.0. The van der Waals surface area contributed by atoms with Crippen LogP contribution in [0.25, 0.3) is 10.9 Å². The van der Waals surface area contributed by atoms with E-state index < -0.39 is 10.0 Å². The molecule has 0 amide bonds. The number of anilines is 2. The molecule has 0 bridgehead atoms. The minimum Gasteiger partial charge on any atom is -0.363 e. The molecule has 0 spiro atoms. The fourth-order valence-electron chi connectivity index (χ4n) is 4.22. The van der Waals surface area contributed by atoms with Gasteiger partial charge in [-0.2, -0.15) is 9.29 Å². The summed E-state index contributed by atoms with van der Waals surface area (Å²) >= 11 is 0. The van der Waals surface area contributed by atoms with E-state index in [1.54, 1.807) is 24.3 Å². The summed E-state index contributed by atoms with van der Waals surface area (Å²) in [6, 6.07) is 26.9. The first-order valence-electron chi connectivity index (χ1n) is 11.4. The Balaban J connectivity index is 1.38. The maximum Gasteiger partial charge on any atom is 0.243 e. The van der Waals surface area contributed by atoms with Crippen molar-refractivity contribution in [2.45, 2.75) is 17.9 Å². The Kier molecular flexibility index (Phi) is 6.17. The van der Waals surface area contributed by atoms with E-state index in [0.29, 0.717) is 37.0 Å². The van der Waals surface area contributed by atoms with E-state index in [-0.39, 0.29) is 6.04 Å². The Hall–Kier alpha value is -3.49. The summed E-state index contributed by atoms with van der Waals surface area (Å²) in [5.41, 5.74) is 2.03. The van der Waals surface area contributed by atoms with E-state index in [9.17, 15) is 8.42 Å². The third kappa shape index (κ3) is 4.47. The number of rotatable bonds is 6. The van der Waals surface area contributed by atoms with Gasteiger partial charge in [-0.1, -0.05) is 60.7 Å². The van der Waals surface area contributed by atoms with Crippen LogP contribution in [-0.4, -0.2) is 48.9 Å². The monoisotopic (exact) mass is 473 g/mol. The van der Waals surface area contributed by atoms with Gasteiger partial charge >= 0.3 is 0 Å². The molecule has 0 radical (unpaired) electrons. The van der Waals surface area contributed by atoms with Crippen LogP contribution in [0.1, 0.15) is 18.5 Å². The molecule has 3 aromatic carbocycles. The molecule has 1 aromatic heterocycles. The van der Waals surface area contributed by atoms with Gasteiger partial charge in [0.1, 0.15) is 5.82 Å². The quantitative estimate of drug-likeness (QED) is 0.450. The van der Waals surface area contributed by atoms with Gasteiger partial charge in [-0.25, -0.2) is 13.4 Å². The third-order valence-electron chi connectivity index (χ3n) is 6.15. The highest BCUT2D eigenvalue weighted by Gasteiger charge is 2.29. The van der Waals surface area contributed by atoms with E-state index in [1.807, 2.05) is 48.5 Å². The average molecular weight is 474 g/mol. The summed E-state index contributed by atoms with van der Waals surface area (Å²) in [6.07, 6.45) is 0. The fourth-order valence-corrected chi connectivity index (χ4v) is 5.66. The van der Waals surface area contributed by atoms with Crippen molar-refractivity contribution in [3.05, 3.63) is 90.5 Å². The Morgan fingerprint density at radius 1 is 0.794 bits per heavy atom. The Morgan fingerprint density at radius 3 is 2.12 bits per heavy atom. The van der Waals surface area contributed by atoms with Crippen LogP contribution in [0.3, 0.4) is 0 Å². The molecular weight excluding hydrogens is 446 g/mol. The summed E-state index contributed by atoms with van der Waals surface area (Å²) in [5, 5.41) is 4.51. The summed E-state index contributed by atoms with van der Waals surface area (Å²) in [7, 11) is -3.50. The largest absolute Gasteiger partial charge is 0.363 e. The maximum atomic E-state index is 13.0. The number of hydrogen-bond acceptors (Lipinski definition) is 6. The van der Waals surface area contributed by atoms with Crippen molar-refractivity contribution < 1.29 is 8.42 Å². The number of aromatic nitrogens is 2. The summed E-state index contributed by atoms with van der Waals surface area (Å²) < 4.78 is 27.5. The first kappa shape index (κ1) is 22.3. The summed E-state index contributed by atoms with van der Waals surface area (Å²) in [5.74, 6) is 1.38. The average Bonchev–Trinajstić information content (AvgIpc) is 2.89. The van der Waals surface area contributed by atoms with Crippen LogP contribution in [0.5, 0.6) is 0 Å². The third-order valence-corrected chi connectivity index (χ3v) is 8.06. The van der Waals surface area contributed by atoms with Crippen LogP contribution >= 0.6 is 0 Å². The number of para-hydroxylation sites is 1. The van der Waals surface area contributed by atoms with Gasteiger partial charge in [-0.15, -0.1) is 0 Å². The molecule has 4 aromatic rings. The van der Waals surface area contributed by atoms with Gasteiger partial charge in [0, 0.05) is 37.6 Å². The minimum absolute atomic E-state index is 0.0696. The van der Waals surface area contributed by atoms with E-state index in [1.165, 1.54) is 9.87 Å². The SMILES string of the molecule is C[C@H](Nc1nc(N2CCN(S(=O)(=O)c3ccccc3)CC2)nc2ccccc12)c1ccccc1. The standard InChI is InChI=1S/C26H27N5O2S/c1-20(21-10-4-2-5-11-21)27-25-23-14-8-9-15-24(23)28-26(29-25)30-16-18-31(19-17-30)34(32,33)22-12-6-3-7-13-22/h2-15,20H,16-19H2,1H3,(H,27,28,29)/t20-/m0/s1. The first-order valence-corrected chi connectivity index (χ1v) is 12.8. The first-order chi connectivity index (χ1) is 16.5. The molecule has 1 aliphatic rings. The Morgan fingerprint density at radius 2 is 1.41 bits per heavy atom. The second-order valence-electron chi connectivity index (χ2n) is 8.37. The van der Waals surface area contributed by atoms with E-state index >= 15 is 0 Å². The van der Waals surface area contributed by atoms with Crippen molar-refractivity contribution in [2.75, 3.05) is 36.4 Å². The van der Waals surface area contributed by atoms with Crippen molar-refractivity contribution in [3.63, 3.8) is 0 Å². The molecule has 5 rings (SSSR count). The number of fused-ring (bicyclic) bond motifs is 1. The number of sulfonamides is 1. The molecule has 0 unspecified atom stereocenters. The highest BCUT2D eigenvalue weighted by molar-refractivity contribution is 7.89. The number of nitrogens with zero attached hydrogens (tertiary/aromatic N) is 4. The van der Waals surface area contributed by atoms with Crippen LogP contribution in [0.4, 0.5) is 11.8 Å². The molecule has 0 saturated carbocycles. The van der Waals surface area contributed by atoms with Crippen molar-refractivity contribution in [1.82, 2.24) is 14.3 Å². The van der Waals surface area contributed by atoms with Crippen LogP contribution in [0.15, 0.2) is 89.8 Å². The van der Waals surface area contributed by atoms with Crippen LogP contribution in [0, 0.1) is 0 Å². The molecule has 0 aliphatic carbocycles. The predicted molar refractivity (Wildman–Crippen MR) is 135 cm³/mol. The lowest BCUT2D eigenvalue weighted by Crippen LogP contribution is -2.49. The number of piperazine rings is 1. The van der Waals surface area contributed by atoms with E-state index in [4.69, 9.17) is 9.97 Å². The predicted octanol–water partition coefficient (Wildman–Crippen LogP) is 4.31. The molecular formula is C26H27N5O2S. The van der Waals surface area contributed by atoms with Crippen molar-refractivity contribution >= 4 is 32.7 Å². The minimum atomic E-state index is -3.50. The molecule has 1 atom stereocenters. The molecule has 1 saturated heterocycles. The van der Waals surface area contributed by atoms with Crippen LogP contribution in [-0.2, 0) is 10.0 Å². The number of benzene rings is 3. The molecule has 1 fully saturated rings. The van der Waals surface area contributed by atoms with Crippen LogP contribution < -0.4 is 10.2 Å². The van der Waals surface area contributed by atoms with E-state index in [2.05, 4.69) is 29.3 Å². The molecule has 1 N–H and O–H groups in total. The number of nitrogens with one attached hydrogen (secondary N) is 1. The normalized spacial score (nSPS) is 15.9. The lowest BCUT2D eigenvalue weighted by molar-refractivity contribution is 0.382. The van der Waals surface area contributed by atoms with Gasteiger partial charge < -0.3 is 10.2 Å². The molecule has 8 heteroatoms. The van der Waals surface area contributed by atoms with Gasteiger partial charge in [-0.05, 0) is 36.8 Å². The maximum absolute atomic E-state index is 13.0. The zero-order valence-electron chi connectivity index (χ0n) is 19.0. The lowest BCUT2D eigenvalue weighted by atomic mass is 10.1. The fraction of sp³-hybridized carbons (Fsp3) is 0.231. The van der Waals surface area contributed by atoms with Crippen molar-refractivity contribution in [2.24, 2.45) is 0 Å². The number of hydrogen-bond donors (Lipinski definition) is 1. The molecule has 1 aliphatic heterocycles. The van der Waals surface area contributed by atoms with Gasteiger partial charge in [-0.3, -0.25) is 0 Å². The Labute approximate surface area is 200 Å². The van der Waals surface area contributed by atoms with Crippen molar-refractivity contribution in [1.29, 1.82) is 0 Å². The molecule has 174 valence electrons. The molecule has 2 heterocycles. The zero-order valence-corrected chi connectivity index (χ0v) is 19.8. The van der Waals surface area contributed by atoms with E-state index in [0.717, 1.165) is 16.7 Å². The van der Waals surface area contributed by atoms with Gasteiger partial charge in [0.25, 0.3) is 0 Å². The second-order valence-corrected chi connectivity index (χ2v) is 10.3. The van der Waals surface area contributed by atoms with Gasteiger partial charge in [0.15, 0.2) is 0 Å². The van der Waals surface area contributed by atoms with Gasteiger partial charge in [0.2, 0.25) is 16.0 Å². The summed E-state index contributed by atoms with van der Waals surface area (Å²) in [6.45, 7) is 3.93. The van der Waals surface area contributed by atoms with Crippen molar-refractivity contribution in [3.8, 4) is 0 Å². The van der Waals surface area contributed by atoms with Gasteiger partial charge in [0.05, 0.1) is 10.4 Å².